The van der Waals surface area contributed by atoms with Crippen LogP contribution in [-0.4, -0.2) is 11.9 Å². The van der Waals surface area contributed by atoms with Crippen molar-refractivity contribution in [2.75, 3.05) is 5.73 Å². The lowest BCUT2D eigenvalue weighted by Crippen LogP contribution is -2.32. The molecule has 2 aromatic carbocycles. The highest BCUT2D eigenvalue weighted by Crippen LogP contribution is 2.25. The molecule has 0 saturated heterocycles. The van der Waals surface area contributed by atoms with Gasteiger partial charge in [0.1, 0.15) is 0 Å². The van der Waals surface area contributed by atoms with Gasteiger partial charge in [-0.25, -0.2) is 0 Å². The summed E-state index contributed by atoms with van der Waals surface area (Å²) >= 11 is 0. The van der Waals surface area contributed by atoms with Gasteiger partial charge in [-0.1, -0.05) is 42.5 Å². The third kappa shape index (κ3) is 3.63. The minimum atomic E-state index is -0.159. The maximum atomic E-state index is 12.5. The predicted octanol–water partition coefficient (Wildman–Crippen LogP) is 2.87. The molecule has 0 spiro atoms. The molecule has 108 valence electrons. The Kier molecular flexibility index (Phi) is 3.91. The van der Waals surface area contributed by atoms with Crippen molar-refractivity contribution in [1.82, 2.24) is 5.32 Å². The van der Waals surface area contributed by atoms with E-state index in [2.05, 4.69) is 5.32 Å². The van der Waals surface area contributed by atoms with Gasteiger partial charge in [0, 0.05) is 11.7 Å². The molecule has 0 aromatic heterocycles. The van der Waals surface area contributed by atoms with E-state index < -0.39 is 0 Å². The molecule has 1 amide bonds. The number of benzene rings is 2. The smallest absolute Gasteiger partial charge is 0.228 e. The Balaban J connectivity index is 1.82. The first-order chi connectivity index (χ1) is 10.2. The van der Waals surface area contributed by atoms with Crippen molar-refractivity contribution in [2.24, 2.45) is 0 Å². The molecule has 1 aliphatic rings. The highest BCUT2D eigenvalue weighted by molar-refractivity contribution is 5.84. The maximum absolute atomic E-state index is 12.5. The molecule has 3 rings (SSSR count). The topological polar surface area (TPSA) is 55.1 Å². The van der Waals surface area contributed by atoms with Gasteiger partial charge < -0.3 is 11.1 Å². The van der Waals surface area contributed by atoms with Crippen molar-refractivity contribution in [3.8, 4) is 0 Å². The Hall–Kier alpha value is -2.29. The third-order valence-electron chi connectivity index (χ3n) is 3.83. The predicted molar refractivity (Wildman–Crippen MR) is 84.9 cm³/mol. The molecule has 21 heavy (non-hydrogen) atoms. The molecule has 0 heterocycles. The molecule has 3 nitrogen and oxygen atoms in total. The van der Waals surface area contributed by atoms with Crippen molar-refractivity contribution in [3.63, 3.8) is 0 Å². The van der Waals surface area contributed by atoms with Crippen molar-refractivity contribution < 1.29 is 4.79 Å². The van der Waals surface area contributed by atoms with Gasteiger partial charge in [-0.3, -0.25) is 4.79 Å². The van der Waals surface area contributed by atoms with Crippen LogP contribution in [0, 0.1) is 0 Å². The summed E-state index contributed by atoms with van der Waals surface area (Å²) in [7, 11) is 0. The van der Waals surface area contributed by atoms with E-state index in [1.807, 2.05) is 54.6 Å². The summed E-state index contributed by atoms with van der Waals surface area (Å²) in [4.78, 5) is 12.5. The van der Waals surface area contributed by atoms with Crippen molar-refractivity contribution in [2.45, 2.75) is 31.2 Å². The Labute approximate surface area is 125 Å². The molecule has 1 atom stereocenters. The van der Waals surface area contributed by atoms with Crippen LogP contribution in [0.4, 0.5) is 5.69 Å². The Morgan fingerprint density at radius 2 is 1.90 bits per heavy atom. The number of anilines is 1. The normalized spacial score (nSPS) is 15.4. The second-order valence-electron chi connectivity index (χ2n) is 5.70. The lowest BCUT2D eigenvalue weighted by atomic mass is 9.91. The van der Waals surface area contributed by atoms with Gasteiger partial charge in [0.15, 0.2) is 0 Å². The fourth-order valence-corrected chi connectivity index (χ4v) is 2.53. The molecule has 1 unspecified atom stereocenters. The van der Waals surface area contributed by atoms with Gasteiger partial charge in [0.05, 0.1) is 5.92 Å². The molecule has 0 aliphatic heterocycles. The van der Waals surface area contributed by atoms with E-state index in [9.17, 15) is 4.79 Å². The minimum absolute atomic E-state index is 0.117. The van der Waals surface area contributed by atoms with Crippen molar-refractivity contribution >= 4 is 11.6 Å². The first kappa shape index (κ1) is 13.7. The Bertz CT molecular complexity index is 620. The molecule has 3 heteroatoms. The standard InChI is InChI=1S/C18H20N2O/c19-15-8-4-5-13(11-15)12-17(14-6-2-1-3-7-14)18(21)20-16-9-10-16/h1-8,11,16-17H,9-10,12,19H2,(H,20,21). The average Bonchev–Trinajstić information content (AvgIpc) is 3.29. The SMILES string of the molecule is Nc1cccc(CC(C(=O)NC2CC2)c2ccccc2)c1. The second kappa shape index (κ2) is 6.00. The zero-order valence-electron chi connectivity index (χ0n) is 12.0. The van der Waals surface area contributed by atoms with E-state index in [0.29, 0.717) is 12.5 Å². The van der Waals surface area contributed by atoms with Gasteiger partial charge in [0.2, 0.25) is 5.91 Å². The van der Waals surface area contributed by atoms with E-state index in [4.69, 9.17) is 5.73 Å². The number of nitrogens with one attached hydrogen (secondary N) is 1. The van der Waals surface area contributed by atoms with Crippen molar-refractivity contribution in [1.29, 1.82) is 0 Å². The largest absolute Gasteiger partial charge is 0.399 e. The van der Waals surface area contributed by atoms with Gasteiger partial charge in [-0.15, -0.1) is 0 Å². The molecule has 1 aliphatic carbocycles. The molecule has 1 fully saturated rings. The average molecular weight is 280 g/mol. The molecule has 1 saturated carbocycles. The van der Waals surface area contributed by atoms with Gasteiger partial charge in [0.25, 0.3) is 0 Å². The number of amides is 1. The molecule has 0 radical (unpaired) electrons. The van der Waals surface area contributed by atoms with Gasteiger partial charge in [-0.05, 0) is 42.5 Å². The monoisotopic (exact) mass is 280 g/mol. The van der Waals surface area contributed by atoms with E-state index in [1.54, 1.807) is 0 Å². The molecule has 3 N–H and O–H groups in total. The molecule has 2 aromatic rings. The highest BCUT2D eigenvalue weighted by Gasteiger charge is 2.28. The number of hydrogen-bond acceptors (Lipinski definition) is 2. The Morgan fingerprint density at radius 1 is 1.14 bits per heavy atom. The first-order valence-electron chi connectivity index (χ1n) is 7.42. The van der Waals surface area contributed by atoms with E-state index in [0.717, 1.165) is 29.7 Å². The summed E-state index contributed by atoms with van der Waals surface area (Å²) in [5.74, 6) is -0.0419. The van der Waals surface area contributed by atoms with Gasteiger partial charge in [-0.2, -0.15) is 0 Å². The maximum Gasteiger partial charge on any atom is 0.228 e. The Morgan fingerprint density at radius 3 is 2.57 bits per heavy atom. The number of rotatable bonds is 5. The number of nitrogen functional groups attached to an aromatic ring is 1. The van der Waals surface area contributed by atoms with Crippen LogP contribution in [0.25, 0.3) is 0 Å². The zero-order valence-corrected chi connectivity index (χ0v) is 12.0. The second-order valence-corrected chi connectivity index (χ2v) is 5.70. The summed E-state index contributed by atoms with van der Waals surface area (Å²) in [5.41, 5.74) is 8.72. The number of carbonyl (C=O) groups is 1. The first-order valence-corrected chi connectivity index (χ1v) is 7.42. The summed E-state index contributed by atoms with van der Waals surface area (Å²) in [6.45, 7) is 0. The summed E-state index contributed by atoms with van der Waals surface area (Å²) < 4.78 is 0. The minimum Gasteiger partial charge on any atom is -0.399 e. The van der Waals surface area contributed by atoms with Crippen LogP contribution >= 0.6 is 0 Å². The third-order valence-corrected chi connectivity index (χ3v) is 3.83. The van der Waals surface area contributed by atoms with Crippen LogP contribution in [0.1, 0.15) is 29.9 Å². The lowest BCUT2D eigenvalue weighted by Gasteiger charge is -2.17. The van der Waals surface area contributed by atoms with Crippen LogP contribution < -0.4 is 11.1 Å². The fraction of sp³-hybridized carbons (Fsp3) is 0.278. The highest BCUT2D eigenvalue weighted by atomic mass is 16.2. The van der Waals surface area contributed by atoms with E-state index in [1.165, 1.54) is 0 Å². The number of hydrogen-bond donors (Lipinski definition) is 2. The quantitative estimate of drug-likeness (QED) is 0.827. The van der Waals surface area contributed by atoms with Crippen LogP contribution in [0.3, 0.4) is 0 Å². The zero-order chi connectivity index (χ0) is 14.7. The summed E-state index contributed by atoms with van der Waals surface area (Å²) in [6.07, 6.45) is 2.88. The molecular formula is C18H20N2O. The van der Waals surface area contributed by atoms with E-state index in [-0.39, 0.29) is 11.8 Å². The van der Waals surface area contributed by atoms with Crippen LogP contribution in [0.15, 0.2) is 54.6 Å². The summed E-state index contributed by atoms with van der Waals surface area (Å²) in [6, 6.07) is 18.1. The van der Waals surface area contributed by atoms with Crippen LogP contribution in [-0.2, 0) is 11.2 Å². The molecular weight excluding hydrogens is 260 g/mol. The van der Waals surface area contributed by atoms with Crippen molar-refractivity contribution in [3.05, 3.63) is 65.7 Å². The van der Waals surface area contributed by atoms with Gasteiger partial charge >= 0.3 is 0 Å². The van der Waals surface area contributed by atoms with E-state index >= 15 is 0 Å². The number of carbonyl (C=O) groups excluding carboxylic acids is 1. The molecule has 0 bridgehead atoms. The fourth-order valence-electron chi connectivity index (χ4n) is 2.53. The summed E-state index contributed by atoms with van der Waals surface area (Å²) in [5, 5.41) is 3.12. The lowest BCUT2D eigenvalue weighted by molar-refractivity contribution is -0.122. The van der Waals surface area contributed by atoms with Crippen LogP contribution in [0.5, 0.6) is 0 Å². The number of nitrogens with two attached hydrogens (primary N) is 1. The van der Waals surface area contributed by atoms with Crippen LogP contribution in [0.2, 0.25) is 0 Å².